The minimum Gasteiger partial charge on any atom is -0.347 e. The summed E-state index contributed by atoms with van der Waals surface area (Å²) in [5.74, 6) is 0. The van der Waals surface area contributed by atoms with E-state index < -0.39 is 10.1 Å². The Hall–Kier alpha value is -0.845. The van der Waals surface area contributed by atoms with Crippen LogP contribution < -0.4 is 5.64 Å². The molecule has 1 aromatic rings. The molecular formula is C7H10BNO3S. The van der Waals surface area contributed by atoms with E-state index in [2.05, 4.69) is 4.10 Å². The maximum atomic E-state index is 11.2. The molecule has 0 aliphatic carbocycles. The van der Waals surface area contributed by atoms with Crippen LogP contribution in [0.1, 0.15) is 5.56 Å². The molecule has 13 heavy (non-hydrogen) atoms. The molecule has 0 aliphatic heterocycles. The molecule has 6 heteroatoms. The molecule has 0 saturated heterocycles. The quantitative estimate of drug-likeness (QED) is 0.691. The van der Waals surface area contributed by atoms with Crippen molar-refractivity contribution in [1.82, 2.24) is 0 Å². The van der Waals surface area contributed by atoms with Crippen LogP contribution in [-0.4, -0.2) is 16.0 Å². The fourth-order valence-corrected chi connectivity index (χ4v) is 1.65. The molecular weight excluding hydrogens is 189 g/mol. The summed E-state index contributed by atoms with van der Waals surface area (Å²) in [7, 11) is -3.99. The van der Waals surface area contributed by atoms with Gasteiger partial charge in [0.05, 0.1) is 4.90 Å². The number of nitrogens with two attached hydrogens (primary N) is 1. The molecule has 0 amide bonds. The Bertz CT molecular complexity index is 373. The van der Waals surface area contributed by atoms with Gasteiger partial charge in [0.2, 0.25) is 0 Å². The lowest BCUT2D eigenvalue weighted by Gasteiger charge is -2.02. The van der Waals surface area contributed by atoms with Gasteiger partial charge in [-0.25, -0.2) is 0 Å². The van der Waals surface area contributed by atoms with Crippen LogP contribution in [0.4, 0.5) is 0 Å². The average Bonchev–Trinajstić information content (AvgIpc) is 2.05. The Morgan fingerprint density at radius 2 is 1.85 bits per heavy atom. The highest BCUT2D eigenvalue weighted by Crippen LogP contribution is 2.11. The summed E-state index contributed by atoms with van der Waals surface area (Å²) >= 11 is 0. The zero-order valence-electron chi connectivity index (χ0n) is 7.23. The molecule has 70 valence electrons. The number of hydrogen-bond donors (Lipinski definition) is 1. The summed E-state index contributed by atoms with van der Waals surface area (Å²) < 4.78 is 26.9. The van der Waals surface area contributed by atoms with Gasteiger partial charge in [0.25, 0.3) is 10.1 Å². The molecule has 1 rings (SSSR count). The standard InChI is InChI=1S/C7H10BNO3S/c1-6-2-4-7(5-3-6)13(10,11)12-8-9/h2-5,8H,9H2,1H3. The van der Waals surface area contributed by atoms with E-state index in [-0.39, 0.29) is 12.5 Å². The summed E-state index contributed by atoms with van der Waals surface area (Å²) in [5.41, 5.74) is 5.97. The molecule has 0 heterocycles. The Balaban J connectivity index is 3.02. The molecule has 0 bridgehead atoms. The number of benzene rings is 1. The van der Waals surface area contributed by atoms with Gasteiger partial charge >= 0.3 is 7.62 Å². The minimum absolute atomic E-state index is 0.128. The number of rotatable bonds is 3. The van der Waals surface area contributed by atoms with E-state index in [9.17, 15) is 8.42 Å². The van der Waals surface area contributed by atoms with Crippen molar-refractivity contribution >= 4 is 17.7 Å². The van der Waals surface area contributed by atoms with E-state index >= 15 is 0 Å². The first kappa shape index (κ1) is 10.2. The van der Waals surface area contributed by atoms with Crippen molar-refractivity contribution in [2.24, 2.45) is 5.64 Å². The van der Waals surface area contributed by atoms with Crippen LogP contribution in [0.2, 0.25) is 0 Å². The molecule has 0 unspecified atom stereocenters. The third-order valence-corrected chi connectivity index (χ3v) is 2.83. The van der Waals surface area contributed by atoms with Gasteiger partial charge < -0.3 is 9.75 Å². The van der Waals surface area contributed by atoms with Crippen molar-refractivity contribution < 1.29 is 12.5 Å². The summed E-state index contributed by atoms with van der Waals surface area (Å²) in [5, 5.41) is 0. The fraction of sp³-hybridized carbons (Fsp3) is 0.143. The molecule has 0 spiro atoms. The zero-order chi connectivity index (χ0) is 9.90. The molecule has 4 nitrogen and oxygen atoms in total. The van der Waals surface area contributed by atoms with Crippen molar-refractivity contribution in [1.29, 1.82) is 0 Å². The van der Waals surface area contributed by atoms with Crippen LogP contribution in [0.25, 0.3) is 0 Å². The smallest absolute Gasteiger partial charge is 0.347 e. The van der Waals surface area contributed by atoms with Crippen molar-refractivity contribution in [2.75, 3.05) is 0 Å². The Morgan fingerprint density at radius 1 is 1.31 bits per heavy atom. The topological polar surface area (TPSA) is 69.4 Å². The van der Waals surface area contributed by atoms with Crippen LogP contribution in [0.5, 0.6) is 0 Å². The highest BCUT2D eigenvalue weighted by Gasteiger charge is 2.13. The Kier molecular flexibility index (Phi) is 3.08. The number of aryl methyl sites for hydroxylation is 1. The summed E-state index contributed by atoms with van der Waals surface area (Å²) in [6.45, 7) is 1.88. The molecule has 0 saturated carbocycles. The largest absolute Gasteiger partial charge is 0.379 e. The molecule has 0 fully saturated rings. The SMILES string of the molecule is Cc1ccc(S(=O)(=O)OBN)cc1. The van der Waals surface area contributed by atoms with Crippen LogP contribution in [0.15, 0.2) is 29.2 Å². The van der Waals surface area contributed by atoms with Crippen LogP contribution >= 0.6 is 0 Å². The van der Waals surface area contributed by atoms with Gasteiger partial charge in [0.1, 0.15) is 0 Å². The molecule has 0 aliphatic rings. The van der Waals surface area contributed by atoms with E-state index in [0.29, 0.717) is 0 Å². The lowest BCUT2D eigenvalue weighted by Crippen LogP contribution is -2.16. The number of hydrogen-bond acceptors (Lipinski definition) is 4. The van der Waals surface area contributed by atoms with E-state index in [4.69, 9.17) is 5.64 Å². The Labute approximate surface area is 78.1 Å². The lowest BCUT2D eigenvalue weighted by atomic mass is 10.2. The predicted octanol–water partition coefficient (Wildman–Crippen LogP) is -0.0745. The second-order valence-electron chi connectivity index (χ2n) is 2.55. The first-order chi connectivity index (χ1) is 6.06. The maximum absolute atomic E-state index is 11.2. The maximum Gasteiger partial charge on any atom is 0.379 e. The van der Waals surface area contributed by atoms with E-state index in [1.165, 1.54) is 12.1 Å². The fourth-order valence-electron chi connectivity index (χ4n) is 0.863. The average molecular weight is 199 g/mol. The summed E-state index contributed by atoms with van der Waals surface area (Å²) in [6, 6.07) is 6.38. The zero-order valence-corrected chi connectivity index (χ0v) is 8.04. The normalized spacial score (nSPS) is 11.2. The van der Waals surface area contributed by atoms with Crippen LogP contribution in [0.3, 0.4) is 0 Å². The third-order valence-electron chi connectivity index (χ3n) is 1.53. The third kappa shape index (κ3) is 2.55. The molecule has 0 aromatic heterocycles. The van der Waals surface area contributed by atoms with Crippen molar-refractivity contribution in [2.45, 2.75) is 11.8 Å². The molecule has 1 aromatic carbocycles. The predicted molar refractivity (Wildman–Crippen MR) is 50.8 cm³/mol. The summed E-state index contributed by atoms with van der Waals surface area (Å²) in [6.07, 6.45) is 0. The van der Waals surface area contributed by atoms with E-state index in [1.807, 2.05) is 6.92 Å². The van der Waals surface area contributed by atoms with Gasteiger partial charge in [-0.1, -0.05) is 17.7 Å². The van der Waals surface area contributed by atoms with Crippen LogP contribution in [0, 0.1) is 6.92 Å². The van der Waals surface area contributed by atoms with Crippen molar-refractivity contribution in [3.05, 3.63) is 29.8 Å². The van der Waals surface area contributed by atoms with E-state index in [0.717, 1.165) is 5.56 Å². The van der Waals surface area contributed by atoms with Gasteiger partial charge in [-0.05, 0) is 19.1 Å². The van der Waals surface area contributed by atoms with Crippen molar-refractivity contribution in [3.8, 4) is 0 Å². The summed E-state index contributed by atoms with van der Waals surface area (Å²) in [4.78, 5) is 0.128. The van der Waals surface area contributed by atoms with Gasteiger partial charge in [0, 0.05) is 0 Å². The lowest BCUT2D eigenvalue weighted by molar-refractivity contribution is 0.500. The molecule has 0 radical (unpaired) electrons. The first-order valence-corrected chi connectivity index (χ1v) is 5.13. The molecule has 2 N–H and O–H groups in total. The highest BCUT2D eigenvalue weighted by atomic mass is 32.2. The van der Waals surface area contributed by atoms with E-state index in [1.54, 1.807) is 12.1 Å². The Morgan fingerprint density at radius 3 is 2.31 bits per heavy atom. The second-order valence-corrected chi connectivity index (χ2v) is 4.17. The minimum atomic E-state index is -3.65. The van der Waals surface area contributed by atoms with Crippen LogP contribution in [-0.2, 0) is 14.2 Å². The van der Waals surface area contributed by atoms with Gasteiger partial charge in [-0.15, -0.1) is 0 Å². The monoisotopic (exact) mass is 199 g/mol. The first-order valence-electron chi connectivity index (χ1n) is 3.72. The second kappa shape index (κ2) is 3.91. The van der Waals surface area contributed by atoms with Gasteiger partial charge in [0.15, 0.2) is 0 Å². The van der Waals surface area contributed by atoms with Gasteiger partial charge in [-0.2, -0.15) is 8.42 Å². The van der Waals surface area contributed by atoms with Crippen molar-refractivity contribution in [3.63, 3.8) is 0 Å². The highest BCUT2D eigenvalue weighted by molar-refractivity contribution is 7.87. The molecule has 0 atom stereocenters. The van der Waals surface area contributed by atoms with Gasteiger partial charge in [-0.3, -0.25) is 0 Å².